The van der Waals surface area contributed by atoms with Crippen molar-refractivity contribution in [3.05, 3.63) is 0 Å². The smallest absolute Gasteiger partial charge is 0.308 e. The molecule has 1 saturated heterocycles. The lowest BCUT2D eigenvalue weighted by Crippen LogP contribution is -2.59. The summed E-state index contributed by atoms with van der Waals surface area (Å²) in [5.74, 6) is -0.935. The molecule has 2 N–H and O–H groups in total. The normalized spacial score (nSPS) is 40.4. The second-order valence-corrected chi connectivity index (χ2v) is 4.77. The number of nitrogens with zero attached hydrogens (tertiary/aromatic N) is 1. The Labute approximate surface area is 95.0 Å². The number of carbonyl (C=O) groups is 1. The third kappa shape index (κ3) is 2.07. The molecular weight excluding hydrogens is 210 g/mol. The summed E-state index contributed by atoms with van der Waals surface area (Å²) in [7, 11) is 0. The van der Waals surface area contributed by atoms with Crippen molar-refractivity contribution >= 4 is 5.97 Å². The van der Waals surface area contributed by atoms with E-state index in [0.717, 1.165) is 12.8 Å². The van der Waals surface area contributed by atoms with Gasteiger partial charge in [0.1, 0.15) is 0 Å². The van der Waals surface area contributed by atoms with E-state index in [-0.39, 0.29) is 30.7 Å². The minimum Gasteiger partial charge on any atom is -0.481 e. The standard InChI is InChI=1S/C11H19NO4/c1-7-6-16-8(5-13)4-12(7)10-3-2-9(10)11(14)15/h7-10,13H,2-6H2,1H3,(H,14,15). The first-order chi connectivity index (χ1) is 7.63. The third-order valence-corrected chi connectivity index (χ3v) is 3.74. The fourth-order valence-electron chi connectivity index (χ4n) is 2.58. The Balaban J connectivity index is 1.98. The molecule has 1 aliphatic heterocycles. The number of rotatable bonds is 3. The fourth-order valence-corrected chi connectivity index (χ4v) is 2.58. The molecule has 0 aromatic carbocycles. The molecule has 0 aromatic heterocycles. The Morgan fingerprint density at radius 2 is 2.25 bits per heavy atom. The maximum atomic E-state index is 11.0. The zero-order valence-electron chi connectivity index (χ0n) is 9.50. The Morgan fingerprint density at radius 3 is 2.75 bits per heavy atom. The highest BCUT2D eigenvalue weighted by Crippen LogP contribution is 2.34. The molecule has 5 heteroatoms. The predicted molar refractivity (Wildman–Crippen MR) is 57.1 cm³/mol. The van der Waals surface area contributed by atoms with Crippen molar-refractivity contribution < 1.29 is 19.7 Å². The van der Waals surface area contributed by atoms with Gasteiger partial charge in [0.25, 0.3) is 0 Å². The maximum absolute atomic E-state index is 11.0. The number of hydrogen-bond donors (Lipinski definition) is 2. The first-order valence-corrected chi connectivity index (χ1v) is 5.84. The van der Waals surface area contributed by atoms with Crippen LogP contribution < -0.4 is 0 Å². The fraction of sp³-hybridized carbons (Fsp3) is 0.909. The highest BCUT2D eigenvalue weighted by molar-refractivity contribution is 5.72. The van der Waals surface area contributed by atoms with Gasteiger partial charge in [0.15, 0.2) is 0 Å². The van der Waals surface area contributed by atoms with E-state index in [4.69, 9.17) is 14.9 Å². The lowest BCUT2D eigenvalue weighted by molar-refractivity contribution is -0.156. The minimum atomic E-state index is -0.699. The lowest BCUT2D eigenvalue weighted by atomic mass is 9.77. The van der Waals surface area contributed by atoms with Crippen LogP contribution in [0.5, 0.6) is 0 Å². The highest BCUT2D eigenvalue weighted by atomic mass is 16.5. The molecule has 4 atom stereocenters. The summed E-state index contributed by atoms with van der Waals surface area (Å²) in [6.45, 7) is 3.28. The summed E-state index contributed by atoms with van der Waals surface area (Å²) in [5, 5.41) is 18.1. The van der Waals surface area contributed by atoms with E-state index >= 15 is 0 Å². The molecule has 1 heterocycles. The molecule has 0 aromatic rings. The van der Waals surface area contributed by atoms with Crippen molar-refractivity contribution in [2.75, 3.05) is 19.8 Å². The van der Waals surface area contributed by atoms with E-state index in [0.29, 0.717) is 13.2 Å². The second kappa shape index (κ2) is 4.69. The molecule has 0 amide bonds. The van der Waals surface area contributed by atoms with E-state index < -0.39 is 5.97 Å². The van der Waals surface area contributed by atoms with Gasteiger partial charge in [0, 0.05) is 18.6 Å². The topological polar surface area (TPSA) is 70.0 Å². The summed E-state index contributed by atoms with van der Waals surface area (Å²) in [5.41, 5.74) is 0. The van der Waals surface area contributed by atoms with E-state index in [1.165, 1.54) is 0 Å². The van der Waals surface area contributed by atoms with Crippen LogP contribution in [0.3, 0.4) is 0 Å². The molecule has 2 fully saturated rings. The van der Waals surface area contributed by atoms with Crippen molar-refractivity contribution in [1.82, 2.24) is 4.90 Å². The number of carboxylic acids is 1. The molecule has 16 heavy (non-hydrogen) atoms. The molecule has 1 aliphatic carbocycles. The Kier molecular flexibility index (Phi) is 3.47. The summed E-state index contributed by atoms with van der Waals surface area (Å²) >= 11 is 0. The predicted octanol–water partition coefficient (Wildman–Crippen LogP) is -0.0688. The minimum absolute atomic E-state index is 0.00762. The van der Waals surface area contributed by atoms with Crippen molar-refractivity contribution in [2.24, 2.45) is 5.92 Å². The monoisotopic (exact) mass is 229 g/mol. The summed E-state index contributed by atoms with van der Waals surface area (Å²) < 4.78 is 5.44. The van der Waals surface area contributed by atoms with Crippen LogP contribution in [0.2, 0.25) is 0 Å². The van der Waals surface area contributed by atoms with Crippen LogP contribution in [0.15, 0.2) is 0 Å². The second-order valence-electron chi connectivity index (χ2n) is 4.77. The number of hydrogen-bond acceptors (Lipinski definition) is 4. The number of carboxylic acid groups (broad SMARTS) is 1. The molecule has 92 valence electrons. The Morgan fingerprint density at radius 1 is 1.50 bits per heavy atom. The molecule has 4 unspecified atom stereocenters. The zero-order valence-corrected chi connectivity index (χ0v) is 9.50. The molecule has 2 aliphatic rings. The average Bonchev–Trinajstić information content (AvgIpc) is 2.18. The van der Waals surface area contributed by atoms with Crippen LogP contribution in [-0.2, 0) is 9.53 Å². The number of morpholine rings is 1. The first-order valence-electron chi connectivity index (χ1n) is 5.84. The van der Waals surface area contributed by atoms with Crippen LogP contribution in [0.1, 0.15) is 19.8 Å². The van der Waals surface area contributed by atoms with Gasteiger partial charge in [-0.2, -0.15) is 0 Å². The highest BCUT2D eigenvalue weighted by Gasteiger charge is 2.43. The maximum Gasteiger partial charge on any atom is 0.308 e. The quantitative estimate of drug-likeness (QED) is 0.709. The van der Waals surface area contributed by atoms with Crippen LogP contribution in [-0.4, -0.2) is 59.0 Å². The van der Waals surface area contributed by atoms with Gasteiger partial charge in [-0.15, -0.1) is 0 Å². The Hall–Kier alpha value is -0.650. The molecule has 1 saturated carbocycles. The number of ether oxygens (including phenoxy) is 1. The van der Waals surface area contributed by atoms with E-state index in [1.54, 1.807) is 0 Å². The van der Waals surface area contributed by atoms with Crippen LogP contribution in [0.4, 0.5) is 0 Å². The van der Waals surface area contributed by atoms with Gasteiger partial charge in [-0.05, 0) is 19.8 Å². The van der Waals surface area contributed by atoms with E-state index in [9.17, 15) is 4.79 Å². The average molecular weight is 229 g/mol. The van der Waals surface area contributed by atoms with Crippen molar-refractivity contribution in [3.8, 4) is 0 Å². The molecule has 0 bridgehead atoms. The molecule has 5 nitrogen and oxygen atoms in total. The van der Waals surface area contributed by atoms with Gasteiger partial charge >= 0.3 is 5.97 Å². The molecule has 2 rings (SSSR count). The first kappa shape index (κ1) is 11.8. The summed E-state index contributed by atoms with van der Waals surface area (Å²) in [6.07, 6.45) is 1.55. The summed E-state index contributed by atoms with van der Waals surface area (Å²) in [6, 6.07) is 0.375. The van der Waals surface area contributed by atoms with Crippen LogP contribution in [0, 0.1) is 5.92 Å². The number of aliphatic hydroxyl groups excluding tert-OH is 1. The SMILES string of the molecule is CC1COC(CO)CN1C1CCC1C(=O)O. The zero-order chi connectivity index (χ0) is 11.7. The van der Waals surface area contributed by atoms with Crippen molar-refractivity contribution in [3.63, 3.8) is 0 Å². The van der Waals surface area contributed by atoms with Gasteiger partial charge in [0.05, 0.1) is 25.2 Å². The van der Waals surface area contributed by atoms with E-state index in [2.05, 4.69) is 4.90 Å². The van der Waals surface area contributed by atoms with Crippen LogP contribution >= 0.6 is 0 Å². The number of aliphatic carboxylic acids is 1. The molecule has 0 radical (unpaired) electrons. The third-order valence-electron chi connectivity index (χ3n) is 3.74. The summed E-state index contributed by atoms with van der Waals surface area (Å²) in [4.78, 5) is 13.2. The lowest BCUT2D eigenvalue weighted by Gasteiger charge is -2.48. The van der Waals surface area contributed by atoms with E-state index in [1.807, 2.05) is 6.92 Å². The van der Waals surface area contributed by atoms with Gasteiger partial charge < -0.3 is 14.9 Å². The van der Waals surface area contributed by atoms with Gasteiger partial charge in [0.2, 0.25) is 0 Å². The largest absolute Gasteiger partial charge is 0.481 e. The van der Waals surface area contributed by atoms with Gasteiger partial charge in [-0.3, -0.25) is 9.69 Å². The number of aliphatic hydroxyl groups is 1. The molecule has 0 spiro atoms. The van der Waals surface area contributed by atoms with Gasteiger partial charge in [-0.25, -0.2) is 0 Å². The van der Waals surface area contributed by atoms with Gasteiger partial charge in [-0.1, -0.05) is 0 Å². The Bertz CT molecular complexity index is 271. The van der Waals surface area contributed by atoms with Crippen molar-refractivity contribution in [2.45, 2.75) is 38.0 Å². The van der Waals surface area contributed by atoms with Crippen molar-refractivity contribution in [1.29, 1.82) is 0 Å². The van der Waals surface area contributed by atoms with Crippen LogP contribution in [0.25, 0.3) is 0 Å². The molecular formula is C11H19NO4.